The van der Waals surface area contributed by atoms with E-state index in [1.807, 2.05) is 0 Å². The van der Waals surface area contributed by atoms with Gasteiger partial charge in [0.05, 0.1) is 22.5 Å². The van der Waals surface area contributed by atoms with Crippen molar-refractivity contribution in [2.75, 3.05) is 0 Å². The van der Waals surface area contributed by atoms with Gasteiger partial charge in [-0.25, -0.2) is 8.42 Å². The summed E-state index contributed by atoms with van der Waals surface area (Å²) < 4.78 is 24.8. The molecular weight excluding hydrogens is 222 g/mol. The maximum Gasteiger partial charge on any atom is 0.157 e. The molecule has 0 aromatic carbocycles. The Morgan fingerprint density at radius 3 is 2.25 bits per heavy atom. The molecule has 4 heteroatoms. The standard InChI is InChI=1S/C12H19NO2S/c13-9-10-5-4-8-12(10)16(14,15)11-6-2-1-3-7-11/h10-12H,1-8H2. The molecule has 3 nitrogen and oxygen atoms in total. The van der Waals surface area contributed by atoms with Crippen molar-refractivity contribution < 1.29 is 8.42 Å². The zero-order valence-corrected chi connectivity index (χ0v) is 10.4. The van der Waals surface area contributed by atoms with Gasteiger partial charge in [0.25, 0.3) is 0 Å². The molecule has 0 bridgehead atoms. The second-order valence-electron chi connectivity index (χ2n) is 5.05. The van der Waals surface area contributed by atoms with E-state index in [1.54, 1.807) is 0 Å². The summed E-state index contributed by atoms with van der Waals surface area (Å²) in [6.45, 7) is 0. The van der Waals surface area contributed by atoms with E-state index in [4.69, 9.17) is 5.26 Å². The van der Waals surface area contributed by atoms with Crippen molar-refractivity contribution >= 4 is 9.84 Å². The summed E-state index contributed by atoms with van der Waals surface area (Å²) in [5.74, 6) is -0.244. The Morgan fingerprint density at radius 2 is 1.62 bits per heavy atom. The fourth-order valence-corrected chi connectivity index (χ4v) is 5.74. The van der Waals surface area contributed by atoms with Crippen LogP contribution < -0.4 is 0 Å². The molecule has 0 aliphatic heterocycles. The van der Waals surface area contributed by atoms with Crippen LogP contribution in [0.25, 0.3) is 0 Å². The molecule has 0 heterocycles. The minimum absolute atomic E-state index is 0.153. The topological polar surface area (TPSA) is 57.9 Å². The third kappa shape index (κ3) is 2.10. The maximum atomic E-state index is 12.4. The zero-order valence-electron chi connectivity index (χ0n) is 9.56. The minimum Gasteiger partial charge on any atom is -0.228 e. The van der Waals surface area contributed by atoms with Crippen LogP contribution in [0, 0.1) is 17.2 Å². The zero-order chi connectivity index (χ0) is 11.6. The number of nitrogens with zero attached hydrogens (tertiary/aromatic N) is 1. The van der Waals surface area contributed by atoms with Crippen LogP contribution >= 0.6 is 0 Å². The van der Waals surface area contributed by atoms with E-state index in [-0.39, 0.29) is 16.4 Å². The van der Waals surface area contributed by atoms with Crippen LogP contribution in [0.15, 0.2) is 0 Å². The Bertz CT molecular complexity index is 376. The molecule has 2 rings (SSSR count). The second-order valence-corrected chi connectivity index (χ2v) is 7.50. The summed E-state index contributed by atoms with van der Waals surface area (Å²) in [5.41, 5.74) is 0. The average molecular weight is 241 g/mol. The third-order valence-electron chi connectivity index (χ3n) is 4.06. The number of hydrogen-bond donors (Lipinski definition) is 0. The number of sulfone groups is 1. The molecule has 0 aromatic heterocycles. The van der Waals surface area contributed by atoms with E-state index < -0.39 is 9.84 Å². The Balaban J connectivity index is 2.14. The molecule has 0 aromatic rings. The van der Waals surface area contributed by atoms with Gasteiger partial charge >= 0.3 is 0 Å². The lowest BCUT2D eigenvalue weighted by atomic mass is 10.0. The van der Waals surface area contributed by atoms with Crippen LogP contribution in [-0.2, 0) is 9.84 Å². The molecule has 0 amide bonds. The molecule has 16 heavy (non-hydrogen) atoms. The van der Waals surface area contributed by atoms with E-state index in [0.29, 0.717) is 6.42 Å². The molecule has 90 valence electrons. The summed E-state index contributed by atoms with van der Waals surface area (Å²) in [7, 11) is -3.05. The molecule has 2 aliphatic carbocycles. The van der Waals surface area contributed by atoms with Gasteiger partial charge < -0.3 is 0 Å². The predicted octanol–water partition coefficient (Wildman–Crippen LogP) is 2.43. The highest BCUT2D eigenvalue weighted by molar-refractivity contribution is 7.92. The quantitative estimate of drug-likeness (QED) is 0.746. The summed E-state index contributed by atoms with van der Waals surface area (Å²) in [6.07, 6.45) is 7.24. The molecule has 2 fully saturated rings. The molecule has 0 saturated heterocycles. The summed E-state index contributed by atoms with van der Waals surface area (Å²) in [5, 5.41) is 8.47. The van der Waals surface area contributed by atoms with Crippen molar-refractivity contribution in [1.82, 2.24) is 0 Å². The Kier molecular flexibility index (Phi) is 3.53. The van der Waals surface area contributed by atoms with Crippen LogP contribution in [0.2, 0.25) is 0 Å². The second kappa shape index (κ2) is 4.75. The molecular formula is C12H19NO2S. The van der Waals surface area contributed by atoms with E-state index in [0.717, 1.165) is 38.5 Å². The Hall–Kier alpha value is -0.560. The first-order chi connectivity index (χ1) is 7.66. The largest absolute Gasteiger partial charge is 0.228 e. The van der Waals surface area contributed by atoms with E-state index in [2.05, 4.69) is 6.07 Å². The summed E-state index contributed by atoms with van der Waals surface area (Å²) in [4.78, 5) is 0. The van der Waals surface area contributed by atoms with Crippen LogP contribution in [0.4, 0.5) is 0 Å². The smallest absolute Gasteiger partial charge is 0.157 e. The van der Waals surface area contributed by atoms with Crippen molar-refractivity contribution in [2.45, 2.75) is 61.9 Å². The molecule has 0 N–H and O–H groups in total. The van der Waals surface area contributed by atoms with Gasteiger partial charge in [-0.05, 0) is 25.7 Å². The Labute approximate surface area is 97.8 Å². The molecule has 2 saturated carbocycles. The average Bonchev–Trinajstić information content (AvgIpc) is 2.79. The third-order valence-corrected chi connectivity index (χ3v) is 6.87. The summed E-state index contributed by atoms with van der Waals surface area (Å²) in [6, 6.07) is 2.18. The van der Waals surface area contributed by atoms with Gasteiger partial charge in [0.2, 0.25) is 0 Å². The van der Waals surface area contributed by atoms with Gasteiger partial charge in [0.15, 0.2) is 9.84 Å². The molecule has 2 atom stereocenters. The van der Waals surface area contributed by atoms with Crippen molar-refractivity contribution in [1.29, 1.82) is 5.26 Å². The van der Waals surface area contributed by atoms with Crippen LogP contribution in [0.3, 0.4) is 0 Å². The van der Waals surface area contributed by atoms with Crippen molar-refractivity contribution in [3.05, 3.63) is 0 Å². The number of nitriles is 1. The van der Waals surface area contributed by atoms with Gasteiger partial charge in [-0.1, -0.05) is 25.7 Å². The SMILES string of the molecule is N#CC1CCCC1S(=O)(=O)C1CCCCC1. The van der Waals surface area contributed by atoms with Gasteiger partial charge in [0.1, 0.15) is 0 Å². The fraction of sp³-hybridized carbons (Fsp3) is 0.917. The van der Waals surface area contributed by atoms with Gasteiger partial charge in [0, 0.05) is 0 Å². The van der Waals surface area contributed by atoms with Crippen molar-refractivity contribution in [3.8, 4) is 6.07 Å². The lowest BCUT2D eigenvalue weighted by molar-refractivity contribution is 0.473. The molecule has 2 unspecified atom stereocenters. The summed E-state index contributed by atoms with van der Waals surface area (Å²) >= 11 is 0. The highest BCUT2D eigenvalue weighted by Crippen LogP contribution is 2.36. The van der Waals surface area contributed by atoms with Gasteiger partial charge in [-0.2, -0.15) is 5.26 Å². The number of hydrogen-bond acceptors (Lipinski definition) is 3. The Morgan fingerprint density at radius 1 is 0.938 bits per heavy atom. The highest BCUT2D eigenvalue weighted by atomic mass is 32.2. The fourth-order valence-electron chi connectivity index (χ4n) is 3.11. The molecule has 0 radical (unpaired) electrons. The van der Waals surface area contributed by atoms with Crippen LogP contribution in [0.1, 0.15) is 51.4 Å². The van der Waals surface area contributed by atoms with Gasteiger partial charge in [-0.3, -0.25) is 0 Å². The van der Waals surface area contributed by atoms with Crippen molar-refractivity contribution in [2.24, 2.45) is 5.92 Å². The maximum absolute atomic E-state index is 12.4. The first-order valence-corrected chi connectivity index (χ1v) is 7.89. The van der Waals surface area contributed by atoms with Crippen LogP contribution in [0.5, 0.6) is 0 Å². The molecule has 0 spiro atoms. The lowest BCUT2D eigenvalue weighted by Crippen LogP contribution is -2.35. The monoisotopic (exact) mass is 241 g/mol. The number of rotatable bonds is 2. The minimum atomic E-state index is -3.05. The van der Waals surface area contributed by atoms with Crippen molar-refractivity contribution in [3.63, 3.8) is 0 Å². The van der Waals surface area contributed by atoms with Crippen LogP contribution in [-0.4, -0.2) is 18.9 Å². The first kappa shape index (κ1) is 11.9. The van der Waals surface area contributed by atoms with E-state index in [9.17, 15) is 8.42 Å². The normalized spacial score (nSPS) is 32.4. The molecule has 2 aliphatic rings. The first-order valence-electron chi connectivity index (χ1n) is 6.28. The van der Waals surface area contributed by atoms with E-state index in [1.165, 1.54) is 6.42 Å². The lowest BCUT2D eigenvalue weighted by Gasteiger charge is -2.26. The predicted molar refractivity (Wildman–Crippen MR) is 62.5 cm³/mol. The highest BCUT2D eigenvalue weighted by Gasteiger charge is 2.41. The van der Waals surface area contributed by atoms with E-state index >= 15 is 0 Å². The van der Waals surface area contributed by atoms with Gasteiger partial charge in [-0.15, -0.1) is 0 Å².